The molecule has 1 aromatic carbocycles. The van der Waals surface area contributed by atoms with Crippen molar-refractivity contribution in [3.8, 4) is 12.3 Å². The van der Waals surface area contributed by atoms with E-state index in [0.29, 0.717) is 16.1 Å². The Hall–Kier alpha value is -2.09. The Labute approximate surface area is 122 Å². The van der Waals surface area contributed by atoms with Gasteiger partial charge < -0.3 is 4.74 Å². The zero-order chi connectivity index (χ0) is 14.5. The van der Waals surface area contributed by atoms with Crippen LogP contribution in [-0.4, -0.2) is 24.6 Å². The highest BCUT2D eigenvalue weighted by Crippen LogP contribution is 2.28. The fourth-order valence-electron chi connectivity index (χ4n) is 1.99. The fraction of sp³-hybridized carbons (Fsp3) is 0.200. The number of nitrogens with one attached hydrogen (secondary N) is 1. The number of fused-ring (bicyclic) bond motifs is 1. The van der Waals surface area contributed by atoms with Gasteiger partial charge in [0.2, 0.25) is 0 Å². The van der Waals surface area contributed by atoms with Crippen LogP contribution in [0.3, 0.4) is 0 Å². The van der Waals surface area contributed by atoms with Gasteiger partial charge in [0.1, 0.15) is 6.04 Å². The second kappa shape index (κ2) is 6.38. The molecular weight excluding hydrogens is 276 g/mol. The normalized spacial score (nSPS) is 11.8. The summed E-state index contributed by atoms with van der Waals surface area (Å²) < 4.78 is 4.81. The highest BCUT2D eigenvalue weighted by atomic mass is 35.5. The van der Waals surface area contributed by atoms with E-state index < -0.39 is 12.0 Å². The quantitative estimate of drug-likeness (QED) is 0.693. The van der Waals surface area contributed by atoms with Crippen molar-refractivity contribution in [1.82, 2.24) is 10.3 Å². The average Bonchev–Trinajstić information content (AvgIpc) is 2.49. The maximum absolute atomic E-state index is 11.9. The molecule has 1 aromatic heterocycles. The Balaban J connectivity index is 2.56. The van der Waals surface area contributed by atoms with Gasteiger partial charge in [0.05, 0.1) is 19.2 Å². The van der Waals surface area contributed by atoms with E-state index in [4.69, 9.17) is 22.8 Å². The Bertz CT molecular complexity index is 679. The number of pyridine rings is 1. The number of terminal acetylenes is 1. The lowest BCUT2D eigenvalue weighted by atomic mass is 10.0. The second-order valence-corrected chi connectivity index (χ2v) is 4.48. The van der Waals surface area contributed by atoms with Crippen molar-refractivity contribution in [2.24, 2.45) is 0 Å². The minimum absolute atomic E-state index is 0.247. The molecule has 20 heavy (non-hydrogen) atoms. The summed E-state index contributed by atoms with van der Waals surface area (Å²) in [4.78, 5) is 16.2. The number of ether oxygens (including phenoxy) is 1. The summed E-state index contributed by atoms with van der Waals surface area (Å²) in [5, 5.41) is 4.32. The van der Waals surface area contributed by atoms with Gasteiger partial charge >= 0.3 is 5.97 Å². The monoisotopic (exact) mass is 288 g/mol. The number of rotatable bonds is 4. The standard InChI is InChI=1S/C15H13ClN2O2/c1-3-8-17-14(15(19)20-2)11-6-7-12(16)10-5-4-9-18-13(10)11/h1,4-7,9,14,17H,8H2,2H3. The van der Waals surface area contributed by atoms with E-state index in [1.807, 2.05) is 6.07 Å². The van der Waals surface area contributed by atoms with E-state index in [1.54, 1.807) is 24.4 Å². The van der Waals surface area contributed by atoms with Crippen molar-refractivity contribution in [1.29, 1.82) is 0 Å². The van der Waals surface area contributed by atoms with Crippen LogP contribution in [0.25, 0.3) is 10.9 Å². The first-order valence-corrected chi connectivity index (χ1v) is 6.34. The molecule has 5 heteroatoms. The minimum Gasteiger partial charge on any atom is -0.468 e. The molecule has 0 spiro atoms. The number of methoxy groups -OCH3 is 1. The third-order valence-electron chi connectivity index (χ3n) is 2.90. The summed E-state index contributed by atoms with van der Waals surface area (Å²) in [5.74, 6) is 2.02. The summed E-state index contributed by atoms with van der Waals surface area (Å²) in [6.45, 7) is 0.247. The molecular formula is C15H13ClN2O2. The highest BCUT2D eigenvalue weighted by Gasteiger charge is 2.23. The number of nitrogens with zero attached hydrogens (tertiary/aromatic N) is 1. The predicted molar refractivity (Wildman–Crippen MR) is 78.3 cm³/mol. The molecule has 0 aliphatic carbocycles. The van der Waals surface area contributed by atoms with Gasteiger partial charge in [-0.25, -0.2) is 4.79 Å². The first-order valence-electron chi connectivity index (χ1n) is 5.97. The van der Waals surface area contributed by atoms with E-state index in [9.17, 15) is 4.79 Å². The third kappa shape index (κ3) is 2.74. The van der Waals surface area contributed by atoms with Crippen LogP contribution in [0.5, 0.6) is 0 Å². The lowest BCUT2D eigenvalue weighted by Gasteiger charge is -2.17. The van der Waals surface area contributed by atoms with Gasteiger partial charge in [-0.15, -0.1) is 6.42 Å². The molecule has 0 amide bonds. The molecule has 0 saturated heterocycles. The third-order valence-corrected chi connectivity index (χ3v) is 3.23. The summed E-state index contributed by atoms with van der Waals surface area (Å²) in [6.07, 6.45) is 6.88. The average molecular weight is 289 g/mol. The zero-order valence-electron chi connectivity index (χ0n) is 10.9. The Kier molecular flexibility index (Phi) is 4.57. The first-order chi connectivity index (χ1) is 9.69. The number of esters is 1. The molecule has 0 bridgehead atoms. The van der Waals surface area contributed by atoms with Gasteiger partial charge in [-0.05, 0) is 18.2 Å². The maximum atomic E-state index is 11.9. The number of halogens is 1. The van der Waals surface area contributed by atoms with Crippen molar-refractivity contribution in [2.45, 2.75) is 6.04 Å². The molecule has 102 valence electrons. The second-order valence-electron chi connectivity index (χ2n) is 4.08. The number of hydrogen-bond donors (Lipinski definition) is 1. The number of hydrogen-bond acceptors (Lipinski definition) is 4. The van der Waals surface area contributed by atoms with Crippen molar-refractivity contribution >= 4 is 28.5 Å². The molecule has 0 saturated carbocycles. The van der Waals surface area contributed by atoms with Crippen LogP contribution in [0.1, 0.15) is 11.6 Å². The van der Waals surface area contributed by atoms with Crippen molar-refractivity contribution < 1.29 is 9.53 Å². The van der Waals surface area contributed by atoms with Gasteiger partial charge in [0, 0.05) is 22.2 Å². The van der Waals surface area contributed by atoms with Crippen LogP contribution in [0.4, 0.5) is 0 Å². The largest absolute Gasteiger partial charge is 0.468 e. The van der Waals surface area contributed by atoms with Crippen LogP contribution in [-0.2, 0) is 9.53 Å². The van der Waals surface area contributed by atoms with E-state index >= 15 is 0 Å². The SMILES string of the molecule is C#CCNC(C(=O)OC)c1ccc(Cl)c2cccnc12. The maximum Gasteiger partial charge on any atom is 0.327 e. The smallest absolute Gasteiger partial charge is 0.327 e. The van der Waals surface area contributed by atoms with Crippen LogP contribution in [0.2, 0.25) is 5.02 Å². The molecule has 1 atom stereocenters. The lowest BCUT2D eigenvalue weighted by Crippen LogP contribution is -2.30. The lowest BCUT2D eigenvalue weighted by molar-refractivity contribution is -0.143. The predicted octanol–water partition coefficient (Wildman–Crippen LogP) is 2.33. The topological polar surface area (TPSA) is 51.2 Å². The molecule has 1 unspecified atom stereocenters. The van der Waals surface area contributed by atoms with Crippen LogP contribution in [0, 0.1) is 12.3 Å². The highest BCUT2D eigenvalue weighted by molar-refractivity contribution is 6.35. The summed E-state index contributed by atoms with van der Waals surface area (Å²) in [5.41, 5.74) is 1.34. The first kappa shape index (κ1) is 14.3. The van der Waals surface area contributed by atoms with E-state index in [1.165, 1.54) is 7.11 Å². The van der Waals surface area contributed by atoms with Gasteiger partial charge in [0.15, 0.2) is 0 Å². The van der Waals surface area contributed by atoms with E-state index in [-0.39, 0.29) is 6.54 Å². The molecule has 0 radical (unpaired) electrons. The molecule has 0 fully saturated rings. The molecule has 2 rings (SSSR count). The molecule has 0 aliphatic heterocycles. The zero-order valence-corrected chi connectivity index (χ0v) is 11.6. The molecule has 2 aromatic rings. The van der Waals surface area contributed by atoms with Crippen LogP contribution >= 0.6 is 11.6 Å². The molecule has 1 heterocycles. The van der Waals surface area contributed by atoms with Crippen LogP contribution in [0.15, 0.2) is 30.5 Å². The molecule has 0 aliphatic rings. The van der Waals surface area contributed by atoms with Gasteiger partial charge in [-0.1, -0.05) is 23.6 Å². The number of carbonyl (C=O) groups excluding carboxylic acids is 1. The number of aromatic nitrogens is 1. The summed E-state index contributed by atoms with van der Waals surface area (Å²) in [7, 11) is 1.33. The van der Waals surface area contributed by atoms with Gasteiger partial charge in [-0.2, -0.15) is 0 Å². The Morgan fingerprint density at radius 2 is 2.35 bits per heavy atom. The molecule has 4 nitrogen and oxygen atoms in total. The fourth-order valence-corrected chi connectivity index (χ4v) is 2.21. The van der Waals surface area contributed by atoms with E-state index in [2.05, 4.69) is 16.2 Å². The van der Waals surface area contributed by atoms with Crippen molar-refractivity contribution in [2.75, 3.05) is 13.7 Å². The number of carbonyl (C=O) groups is 1. The van der Waals surface area contributed by atoms with Gasteiger partial charge in [-0.3, -0.25) is 10.3 Å². The Morgan fingerprint density at radius 1 is 1.55 bits per heavy atom. The van der Waals surface area contributed by atoms with Crippen molar-refractivity contribution in [3.63, 3.8) is 0 Å². The van der Waals surface area contributed by atoms with E-state index in [0.717, 1.165) is 5.39 Å². The minimum atomic E-state index is -0.675. The summed E-state index contributed by atoms with van der Waals surface area (Å²) in [6, 6.07) is 6.45. The Morgan fingerprint density at radius 3 is 3.05 bits per heavy atom. The summed E-state index contributed by atoms with van der Waals surface area (Å²) >= 11 is 6.14. The number of benzene rings is 1. The molecule has 1 N–H and O–H groups in total. The van der Waals surface area contributed by atoms with Gasteiger partial charge in [0.25, 0.3) is 0 Å². The van der Waals surface area contributed by atoms with Crippen LogP contribution < -0.4 is 5.32 Å². The van der Waals surface area contributed by atoms with Crippen molar-refractivity contribution in [3.05, 3.63) is 41.0 Å².